The van der Waals surface area contributed by atoms with E-state index in [4.69, 9.17) is 5.73 Å². The number of hydrogen-bond donors (Lipinski definition) is 2. The summed E-state index contributed by atoms with van der Waals surface area (Å²) in [5.41, 5.74) is 7.13. The Hall–Kier alpha value is -2.74. The number of nitrogens with one attached hydrogen (secondary N) is 1. The standard InChI is InChI=1S/C19H26N6O2/c1-13(20)19(27)24-9-7-15(8-10-24)14(2)23-18(26)16-3-5-17(6-4-16)25-12-21-11-22-25/h3-6,11-15H,7-10,20H2,1-2H3,(H,23,26)/t13-,14?/m0/s1. The molecule has 2 atom stereocenters. The molecule has 2 aromatic rings. The van der Waals surface area contributed by atoms with Crippen molar-refractivity contribution in [3.63, 3.8) is 0 Å². The quantitative estimate of drug-likeness (QED) is 0.816. The van der Waals surface area contributed by atoms with E-state index in [1.165, 1.54) is 6.33 Å². The van der Waals surface area contributed by atoms with E-state index in [0.29, 0.717) is 24.6 Å². The van der Waals surface area contributed by atoms with Gasteiger partial charge in [0.25, 0.3) is 5.91 Å². The molecule has 1 unspecified atom stereocenters. The normalized spacial score (nSPS) is 17.4. The molecule has 3 N–H and O–H groups in total. The minimum atomic E-state index is -0.459. The molecule has 0 bridgehead atoms. The SMILES string of the molecule is CC(NC(=O)c1ccc(-n2cncn2)cc1)C1CCN(C(=O)[C@H](C)N)CC1. The molecule has 0 radical (unpaired) electrons. The van der Waals surface area contributed by atoms with Crippen molar-refractivity contribution < 1.29 is 9.59 Å². The van der Waals surface area contributed by atoms with Gasteiger partial charge in [0.15, 0.2) is 0 Å². The van der Waals surface area contributed by atoms with Crippen LogP contribution in [0.3, 0.4) is 0 Å². The molecule has 8 nitrogen and oxygen atoms in total. The zero-order valence-corrected chi connectivity index (χ0v) is 15.7. The number of rotatable bonds is 5. The Morgan fingerprint density at radius 2 is 1.85 bits per heavy atom. The molecule has 1 saturated heterocycles. The van der Waals surface area contributed by atoms with Gasteiger partial charge in [0.2, 0.25) is 5.91 Å². The molecule has 0 aliphatic carbocycles. The maximum atomic E-state index is 12.5. The van der Waals surface area contributed by atoms with Gasteiger partial charge in [0.1, 0.15) is 12.7 Å². The number of nitrogens with zero attached hydrogens (tertiary/aromatic N) is 4. The lowest BCUT2D eigenvalue weighted by atomic mass is 9.90. The fourth-order valence-corrected chi connectivity index (χ4v) is 3.42. The summed E-state index contributed by atoms with van der Waals surface area (Å²) < 4.78 is 1.64. The van der Waals surface area contributed by atoms with E-state index >= 15 is 0 Å². The Morgan fingerprint density at radius 3 is 2.41 bits per heavy atom. The van der Waals surface area contributed by atoms with Crippen molar-refractivity contribution in [2.24, 2.45) is 11.7 Å². The maximum Gasteiger partial charge on any atom is 0.251 e. The van der Waals surface area contributed by atoms with E-state index in [0.717, 1.165) is 18.5 Å². The van der Waals surface area contributed by atoms with Crippen LogP contribution in [0.15, 0.2) is 36.9 Å². The van der Waals surface area contributed by atoms with Crippen LogP contribution in [-0.4, -0.2) is 56.7 Å². The summed E-state index contributed by atoms with van der Waals surface area (Å²) in [4.78, 5) is 30.2. The van der Waals surface area contributed by atoms with Crippen molar-refractivity contribution in [3.8, 4) is 5.69 Å². The van der Waals surface area contributed by atoms with Gasteiger partial charge in [-0.15, -0.1) is 0 Å². The van der Waals surface area contributed by atoms with E-state index in [1.807, 2.05) is 24.0 Å². The molecule has 0 saturated carbocycles. The first-order chi connectivity index (χ1) is 13.0. The highest BCUT2D eigenvalue weighted by Gasteiger charge is 2.28. The molecule has 144 valence electrons. The van der Waals surface area contributed by atoms with Crippen molar-refractivity contribution in [2.75, 3.05) is 13.1 Å². The third-order valence-electron chi connectivity index (χ3n) is 5.12. The molecule has 2 heterocycles. The van der Waals surface area contributed by atoms with Crippen LogP contribution in [-0.2, 0) is 4.79 Å². The maximum absolute atomic E-state index is 12.5. The number of nitrogens with two attached hydrogens (primary N) is 1. The van der Waals surface area contributed by atoms with Crippen LogP contribution in [0.1, 0.15) is 37.0 Å². The predicted octanol–water partition coefficient (Wildman–Crippen LogP) is 0.971. The summed E-state index contributed by atoms with van der Waals surface area (Å²) in [6.45, 7) is 5.12. The van der Waals surface area contributed by atoms with Gasteiger partial charge in [-0.2, -0.15) is 5.10 Å². The largest absolute Gasteiger partial charge is 0.349 e. The zero-order valence-electron chi connectivity index (χ0n) is 15.7. The van der Waals surface area contributed by atoms with Crippen LogP contribution in [0.5, 0.6) is 0 Å². The Morgan fingerprint density at radius 1 is 1.19 bits per heavy atom. The average molecular weight is 370 g/mol. The number of benzene rings is 1. The number of amides is 2. The number of carbonyl (C=O) groups is 2. The molecule has 1 aromatic heterocycles. The van der Waals surface area contributed by atoms with Crippen molar-refractivity contribution in [1.82, 2.24) is 25.0 Å². The van der Waals surface area contributed by atoms with E-state index in [1.54, 1.807) is 30.1 Å². The fourth-order valence-electron chi connectivity index (χ4n) is 3.42. The third-order valence-corrected chi connectivity index (χ3v) is 5.12. The fraction of sp³-hybridized carbons (Fsp3) is 0.474. The molecule has 27 heavy (non-hydrogen) atoms. The topological polar surface area (TPSA) is 106 Å². The van der Waals surface area contributed by atoms with Gasteiger partial charge in [-0.3, -0.25) is 9.59 Å². The van der Waals surface area contributed by atoms with Gasteiger partial charge < -0.3 is 16.0 Å². The van der Waals surface area contributed by atoms with Crippen molar-refractivity contribution >= 4 is 11.8 Å². The summed E-state index contributed by atoms with van der Waals surface area (Å²) in [7, 11) is 0. The molecule has 0 spiro atoms. The highest BCUT2D eigenvalue weighted by molar-refractivity contribution is 5.94. The molecule has 1 aliphatic heterocycles. The zero-order chi connectivity index (χ0) is 19.4. The van der Waals surface area contributed by atoms with Crippen LogP contribution in [0.25, 0.3) is 5.69 Å². The molecule has 3 rings (SSSR count). The Kier molecular flexibility index (Phi) is 5.85. The Balaban J connectivity index is 1.53. The lowest BCUT2D eigenvalue weighted by Gasteiger charge is -2.35. The summed E-state index contributed by atoms with van der Waals surface area (Å²) in [5.74, 6) is 0.250. The monoisotopic (exact) mass is 370 g/mol. The number of aromatic nitrogens is 3. The van der Waals surface area contributed by atoms with Gasteiger partial charge in [0, 0.05) is 24.7 Å². The average Bonchev–Trinajstić information content (AvgIpc) is 3.22. The minimum absolute atomic E-state index is 0.00221. The molecule has 1 aliphatic rings. The van der Waals surface area contributed by atoms with Crippen molar-refractivity contribution in [1.29, 1.82) is 0 Å². The summed E-state index contributed by atoms with van der Waals surface area (Å²) >= 11 is 0. The molecule has 1 aromatic carbocycles. The van der Waals surface area contributed by atoms with Gasteiger partial charge in [-0.1, -0.05) is 0 Å². The second-order valence-electron chi connectivity index (χ2n) is 7.10. The number of likely N-dealkylation sites (tertiary alicyclic amines) is 1. The first kappa shape index (κ1) is 19.0. The second-order valence-corrected chi connectivity index (χ2v) is 7.10. The molecule has 8 heteroatoms. The summed E-state index contributed by atoms with van der Waals surface area (Å²) in [6, 6.07) is 6.82. The van der Waals surface area contributed by atoms with Gasteiger partial charge in [-0.05, 0) is 56.9 Å². The van der Waals surface area contributed by atoms with Crippen LogP contribution in [0, 0.1) is 5.92 Å². The highest BCUT2D eigenvalue weighted by Crippen LogP contribution is 2.21. The molecule has 1 fully saturated rings. The van der Waals surface area contributed by atoms with Crippen LogP contribution in [0.4, 0.5) is 0 Å². The van der Waals surface area contributed by atoms with E-state index in [9.17, 15) is 9.59 Å². The number of carbonyl (C=O) groups excluding carboxylic acids is 2. The van der Waals surface area contributed by atoms with Crippen LogP contribution < -0.4 is 11.1 Å². The Labute approximate surface area is 158 Å². The minimum Gasteiger partial charge on any atom is -0.349 e. The molecular formula is C19H26N6O2. The van der Waals surface area contributed by atoms with Crippen molar-refractivity contribution in [2.45, 2.75) is 38.8 Å². The number of piperidine rings is 1. The van der Waals surface area contributed by atoms with Crippen LogP contribution in [0.2, 0.25) is 0 Å². The smallest absolute Gasteiger partial charge is 0.251 e. The van der Waals surface area contributed by atoms with E-state index < -0.39 is 6.04 Å². The third kappa shape index (κ3) is 4.51. The number of hydrogen-bond acceptors (Lipinski definition) is 5. The van der Waals surface area contributed by atoms with Crippen molar-refractivity contribution in [3.05, 3.63) is 42.5 Å². The first-order valence-electron chi connectivity index (χ1n) is 9.26. The predicted molar refractivity (Wildman–Crippen MR) is 101 cm³/mol. The lowest BCUT2D eigenvalue weighted by molar-refractivity contribution is -0.133. The van der Waals surface area contributed by atoms with Gasteiger partial charge >= 0.3 is 0 Å². The molecular weight excluding hydrogens is 344 g/mol. The Bertz CT molecular complexity index is 764. The van der Waals surface area contributed by atoms with E-state index in [2.05, 4.69) is 15.4 Å². The summed E-state index contributed by atoms with van der Waals surface area (Å²) in [6.07, 6.45) is 4.81. The van der Waals surface area contributed by atoms with Gasteiger partial charge in [0.05, 0.1) is 11.7 Å². The lowest BCUT2D eigenvalue weighted by Crippen LogP contribution is -2.49. The van der Waals surface area contributed by atoms with Gasteiger partial charge in [-0.25, -0.2) is 9.67 Å². The first-order valence-corrected chi connectivity index (χ1v) is 9.26. The summed E-state index contributed by atoms with van der Waals surface area (Å²) in [5, 5.41) is 7.15. The molecule has 2 amide bonds. The van der Waals surface area contributed by atoms with Crippen LogP contribution >= 0.6 is 0 Å². The van der Waals surface area contributed by atoms with E-state index in [-0.39, 0.29) is 17.9 Å². The second kappa shape index (κ2) is 8.30. The highest BCUT2D eigenvalue weighted by atomic mass is 16.2.